The van der Waals surface area contributed by atoms with Crippen molar-refractivity contribution < 1.29 is 14.7 Å². The third-order valence-electron chi connectivity index (χ3n) is 2.07. The number of hydrogen-bond acceptors (Lipinski definition) is 4. The standard InChI is InChI=1S/C11H8N2O3S/c14-10(9-5-17-6-12-9)13-8-4-2-1-3-7(8)11(15)16/h1-6H,(H,13,14)(H,15,16). The number of amides is 1. The first-order valence-electron chi connectivity index (χ1n) is 4.70. The van der Waals surface area contributed by atoms with Gasteiger partial charge in [-0.25, -0.2) is 9.78 Å². The normalized spacial score (nSPS) is 9.88. The second kappa shape index (κ2) is 4.75. The number of nitrogens with one attached hydrogen (secondary N) is 1. The molecular weight excluding hydrogens is 240 g/mol. The molecule has 0 atom stereocenters. The van der Waals surface area contributed by atoms with E-state index in [0.717, 1.165) is 0 Å². The molecule has 0 spiro atoms. The van der Waals surface area contributed by atoms with E-state index in [9.17, 15) is 9.59 Å². The molecule has 0 saturated carbocycles. The molecule has 1 aromatic carbocycles. The molecule has 1 aromatic heterocycles. The molecule has 5 nitrogen and oxygen atoms in total. The Bertz CT molecular complexity index is 552. The Labute approximate surface area is 101 Å². The first-order valence-corrected chi connectivity index (χ1v) is 5.64. The third kappa shape index (κ3) is 2.48. The second-order valence-corrected chi connectivity index (χ2v) is 3.90. The van der Waals surface area contributed by atoms with Crippen molar-refractivity contribution in [2.24, 2.45) is 0 Å². The van der Waals surface area contributed by atoms with Gasteiger partial charge >= 0.3 is 5.97 Å². The summed E-state index contributed by atoms with van der Waals surface area (Å²) < 4.78 is 0. The molecule has 0 saturated heterocycles. The highest BCUT2D eigenvalue weighted by Gasteiger charge is 2.13. The Morgan fingerprint density at radius 3 is 2.71 bits per heavy atom. The van der Waals surface area contributed by atoms with Crippen molar-refractivity contribution in [2.75, 3.05) is 5.32 Å². The lowest BCUT2D eigenvalue weighted by atomic mass is 10.2. The van der Waals surface area contributed by atoms with Crippen LogP contribution in [0.4, 0.5) is 5.69 Å². The SMILES string of the molecule is O=C(Nc1ccccc1C(=O)O)c1cscn1. The number of carboxylic acid groups (broad SMARTS) is 1. The number of benzene rings is 1. The van der Waals surface area contributed by atoms with Crippen LogP contribution in [0.5, 0.6) is 0 Å². The summed E-state index contributed by atoms with van der Waals surface area (Å²) in [5.41, 5.74) is 2.13. The molecule has 0 aliphatic carbocycles. The molecule has 2 aromatic rings. The van der Waals surface area contributed by atoms with Gasteiger partial charge in [-0.15, -0.1) is 11.3 Å². The maximum absolute atomic E-state index is 11.7. The Morgan fingerprint density at radius 1 is 1.29 bits per heavy atom. The minimum atomic E-state index is -1.08. The minimum Gasteiger partial charge on any atom is -0.478 e. The molecule has 0 fully saturated rings. The number of para-hydroxylation sites is 1. The molecule has 1 amide bonds. The number of hydrogen-bond donors (Lipinski definition) is 2. The number of nitrogens with zero attached hydrogens (tertiary/aromatic N) is 1. The first-order chi connectivity index (χ1) is 8.18. The molecule has 2 rings (SSSR count). The summed E-state index contributed by atoms with van der Waals surface area (Å²) in [5.74, 6) is -1.50. The molecule has 86 valence electrons. The van der Waals surface area contributed by atoms with E-state index in [-0.39, 0.29) is 16.9 Å². The van der Waals surface area contributed by atoms with E-state index in [2.05, 4.69) is 10.3 Å². The molecule has 6 heteroatoms. The fraction of sp³-hybridized carbons (Fsp3) is 0. The molecule has 0 aliphatic rings. The van der Waals surface area contributed by atoms with Crippen LogP contribution in [-0.2, 0) is 0 Å². The number of anilines is 1. The molecule has 2 N–H and O–H groups in total. The van der Waals surface area contributed by atoms with Gasteiger partial charge in [-0.05, 0) is 12.1 Å². The van der Waals surface area contributed by atoms with Crippen LogP contribution in [-0.4, -0.2) is 22.0 Å². The second-order valence-electron chi connectivity index (χ2n) is 3.18. The van der Waals surface area contributed by atoms with E-state index in [0.29, 0.717) is 0 Å². The van der Waals surface area contributed by atoms with Crippen LogP contribution in [0.15, 0.2) is 35.2 Å². The monoisotopic (exact) mass is 248 g/mol. The van der Waals surface area contributed by atoms with Crippen molar-refractivity contribution in [3.05, 3.63) is 46.4 Å². The average molecular weight is 248 g/mol. The molecule has 0 unspecified atom stereocenters. The maximum Gasteiger partial charge on any atom is 0.337 e. The highest BCUT2D eigenvalue weighted by molar-refractivity contribution is 7.07. The van der Waals surface area contributed by atoms with Gasteiger partial charge in [0.25, 0.3) is 5.91 Å². The Kier molecular flexibility index (Phi) is 3.15. The van der Waals surface area contributed by atoms with Gasteiger partial charge in [-0.1, -0.05) is 12.1 Å². The van der Waals surface area contributed by atoms with Crippen LogP contribution in [0.2, 0.25) is 0 Å². The van der Waals surface area contributed by atoms with E-state index in [1.165, 1.54) is 29.0 Å². The number of thiazole rings is 1. The summed E-state index contributed by atoms with van der Waals surface area (Å²) in [5, 5.41) is 13.1. The van der Waals surface area contributed by atoms with Crippen LogP contribution >= 0.6 is 11.3 Å². The van der Waals surface area contributed by atoms with Gasteiger partial charge in [0, 0.05) is 5.38 Å². The fourth-order valence-corrected chi connectivity index (χ4v) is 1.82. The van der Waals surface area contributed by atoms with Crippen LogP contribution in [0.3, 0.4) is 0 Å². The summed E-state index contributed by atoms with van der Waals surface area (Å²) >= 11 is 1.30. The van der Waals surface area contributed by atoms with Crippen LogP contribution in [0, 0.1) is 0 Å². The summed E-state index contributed by atoms with van der Waals surface area (Å²) in [6, 6.07) is 6.22. The van der Waals surface area contributed by atoms with Gasteiger partial charge in [0.05, 0.1) is 16.8 Å². The van der Waals surface area contributed by atoms with Gasteiger partial charge < -0.3 is 10.4 Å². The zero-order chi connectivity index (χ0) is 12.3. The predicted molar refractivity (Wildman–Crippen MR) is 63.5 cm³/mol. The van der Waals surface area contributed by atoms with E-state index >= 15 is 0 Å². The zero-order valence-corrected chi connectivity index (χ0v) is 9.40. The smallest absolute Gasteiger partial charge is 0.337 e. The number of carbonyl (C=O) groups excluding carboxylic acids is 1. The quantitative estimate of drug-likeness (QED) is 0.871. The van der Waals surface area contributed by atoms with Gasteiger partial charge in [0.2, 0.25) is 0 Å². The largest absolute Gasteiger partial charge is 0.478 e. The van der Waals surface area contributed by atoms with Crippen LogP contribution < -0.4 is 5.32 Å². The van der Waals surface area contributed by atoms with Gasteiger partial charge in [-0.2, -0.15) is 0 Å². The van der Waals surface area contributed by atoms with Crippen molar-refractivity contribution in [1.82, 2.24) is 4.98 Å². The topological polar surface area (TPSA) is 79.3 Å². The fourth-order valence-electron chi connectivity index (χ4n) is 1.29. The highest BCUT2D eigenvalue weighted by atomic mass is 32.1. The van der Waals surface area contributed by atoms with Gasteiger partial charge in [0.1, 0.15) is 5.69 Å². The van der Waals surface area contributed by atoms with Crippen molar-refractivity contribution in [2.45, 2.75) is 0 Å². The average Bonchev–Trinajstić information content (AvgIpc) is 2.83. The molecule has 0 radical (unpaired) electrons. The summed E-state index contributed by atoms with van der Waals surface area (Å²) in [6.45, 7) is 0. The lowest BCUT2D eigenvalue weighted by molar-refractivity contribution is 0.0698. The number of carbonyl (C=O) groups is 2. The third-order valence-corrected chi connectivity index (χ3v) is 2.66. The molecule has 0 bridgehead atoms. The van der Waals surface area contributed by atoms with E-state index in [1.807, 2.05) is 0 Å². The lowest BCUT2D eigenvalue weighted by Crippen LogP contribution is -2.14. The van der Waals surface area contributed by atoms with Gasteiger partial charge in [-0.3, -0.25) is 4.79 Å². The van der Waals surface area contributed by atoms with Crippen molar-refractivity contribution in [3.63, 3.8) is 0 Å². The van der Waals surface area contributed by atoms with E-state index in [4.69, 9.17) is 5.11 Å². The van der Waals surface area contributed by atoms with Gasteiger partial charge in [0.15, 0.2) is 0 Å². The predicted octanol–water partition coefficient (Wildman–Crippen LogP) is 2.09. The van der Waals surface area contributed by atoms with E-state index < -0.39 is 11.9 Å². The number of carboxylic acids is 1. The summed E-state index contributed by atoms with van der Waals surface area (Å²) in [4.78, 5) is 26.5. The zero-order valence-electron chi connectivity index (χ0n) is 8.58. The maximum atomic E-state index is 11.7. The molecular formula is C11H8N2O3S. The molecule has 17 heavy (non-hydrogen) atoms. The minimum absolute atomic E-state index is 0.0519. The summed E-state index contributed by atoms with van der Waals surface area (Å²) in [7, 11) is 0. The lowest BCUT2D eigenvalue weighted by Gasteiger charge is -2.06. The Hall–Kier alpha value is -2.21. The summed E-state index contributed by atoms with van der Waals surface area (Å²) in [6.07, 6.45) is 0. The van der Waals surface area contributed by atoms with Crippen molar-refractivity contribution >= 4 is 28.9 Å². The number of rotatable bonds is 3. The van der Waals surface area contributed by atoms with E-state index in [1.54, 1.807) is 17.5 Å². The number of aromatic nitrogens is 1. The molecule has 1 heterocycles. The highest BCUT2D eigenvalue weighted by Crippen LogP contribution is 2.16. The number of aromatic carboxylic acids is 1. The van der Waals surface area contributed by atoms with Crippen molar-refractivity contribution in [1.29, 1.82) is 0 Å². The van der Waals surface area contributed by atoms with Crippen molar-refractivity contribution in [3.8, 4) is 0 Å². The Balaban J connectivity index is 2.25. The van der Waals surface area contributed by atoms with Crippen LogP contribution in [0.1, 0.15) is 20.8 Å². The molecule has 0 aliphatic heterocycles. The van der Waals surface area contributed by atoms with Crippen LogP contribution in [0.25, 0.3) is 0 Å². The Morgan fingerprint density at radius 2 is 2.06 bits per heavy atom. The first kappa shape index (κ1) is 11.3.